The number of ether oxygens (including phenoxy) is 1. The second-order valence-corrected chi connectivity index (χ2v) is 5.83. The Bertz CT molecular complexity index is 627. The number of hydrogen-bond acceptors (Lipinski definition) is 6. The number of carbonyl (C=O) groups excluding carboxylic acids is 1. The third-order valence-corrected chi connectivity index (χ3v) is 3.22. The maximum Gasteiger partial charge on any atom is 0.379 e. The molecule has 0 saturated carbocycles. The topological polar surface area (TPSA) is 83.0 Å². The molecular formula is C12H15BrN4O3. The Morgan fingerprint density at radius 1 is 1.50 bits per heavy atom. The van der Waals surface area contributed by atoms with Crippen molar-refractivity contribution in [1.82, 2.24) is 19.9 Å². The first-order chi connectivity index (χ1) is 9.34. The van der Waals surface area contributed by atoms with E-state index in [0.29, 0.717) is 10.2 Å². The van der Waals surface area contributed by atoms with Crippen molar-refractivity contribution in [2.24, 2.45) is 0 Å². The Morgan fingerprint density at radius 2 is 2.20 bits per heavy atom. The largest absolute Gasteiger partial charge is 0.460 e. The molecule has 2 rings (SSSR count). The number of nitrogens with zero attached hydrogens (tertiary/aromatic N) is 4. The van der Waals surface area contributed by atoms with Crippen LogP contribution in [0.2, 0.25) is 0 Å². The SMILES string of the molecule is CCOC(=O)c1noc(-c2cnn(C(C)(C)C)c2Br)n1. The van der Waals surface area contributed by atoms with Crippen molar-refractivity contribution in [3.63, 3.8) is 0 Å². The van der Waals surface area contributed by atoms with Crippen LogP contribution in [0.25, 0.3) is 11.5 Å². The van der Waals surface area contributed by atoms with Crippen molar-refractivity contribution in [3.8, 4) is 11.5 Å². The van der Waals surface area contributed by atoms with Gasteiger partial charge in [-0.05, 0) is 48.8 Å². The molecule has 0 atom stereocenters. The summed E-state index contributed by atoms with van der Waals surface area (Å²) < 4.78 is 12.4. The van der Waals surface area contributed by atoms with Crippen molar-refractivity contribution < 1.29 is 14.1 Å². The summed E-state index contributed by atoms with van der Waals surface area (Å²) in [5.41, 5.74) is 0.434. The van der Waals surface area contributed by atoms with E-state index in [4.69, 9.17) is 9.26 Å². The van der Waals surface area contributed by atoms with Crippen LogP contribution < -0.4 is 0 Å². The smallest absolute Gasteiger partial charge is 0.379 e. The highest BCUT2D eigenvalue weighted by Crippen LogP contribution is 2.30. The molecule has 0 aromatic carbocycles. The second kappa shape index (κ2) is 5.35. The second-order valence-electron chi connectivity index (χ2n) is 5.08. The van der Waals surface area contributed by atoms with Crippen molar-refractivity contribution in [2.45, 2.75) is 33.2 Å². The van der Waals surface area contributed by atoms with Crippen LogP contribution in [0.3, 0.4) is 0 Å². The summed E-state index contributed by atoms with van der Waals surface area (Å²) in [6.45, 7) is 8.03. The summed E-state index contributed by atoms with van der Waals surface area (Å²) in [4.78, 5) is 15.5. The predicted octanol–water partition coefficient (Wildman–Crippen LogP) is 2.63. The molecule has 0 amide bonds. The van der Waals surface area contributed by atoms with Gasteiger partial charge in [0.25, 0.3) is 11.7 Å². The molecule has 0 saturated heterocycles. The molecule has 0 aliphatic rings. The van der Waals surface area contributed by atoms with E-state index in [0.717, 1.165) is 0 Å². The zero-order valence-electron chi connectivity index (χ0n) is 11.7. The fourth-order valence-electron chi connectivity index (χ4n) is 1.56. The summed E-state index contributed by atoms with van der Waals surface area (Å²) >= 11 is 3.46. The molecule has 8 heteroatoms. The molecule has 7 nitrogen and oxygen atoms in total. The van der Waals surface area contributed by atoms with E-state index in [1.54, 1.807) is 17.8 Å². The maximum absolute atomic E-state index is 11.5. The minimum Gasteiger partial charge on any atom is -0.460 e. The van der Waals surface area contributed by atoms with Gasteiger partial charge in [-0.15, -0.1) is 0 Å². The molecule has 2 aromatic heterocycles. The summed E-state index contributed by atoms with van der Waals surface area (Å²) in [5.74, 6) is -0.491. The first-order valence-corrected chi connectivity index (χ1v) is 6.89. The highest BCUT2D eigenvalue weighted by atomic mass is 79.9. The van der Waals surface area contributed by atoms with Gasteiger partial charge in [-0.1, -0.05) is 0 Å². The van der Waals surface area contributed by atoms with Crippen LogP contribution in [0.15, 0.2) is 15.3 Å². The zero-order valence-corrected chi connectivity index (χ0v) is 13.3. The van der Waals surface area contributed by atoms with Crippen LogP contribution in [-0.2, 0) is 10.3 Å². The summed E-state index contributed by atoms with van der Waals surface area (Å²) in [7, 11) is 0. The average Bonchev–Trinajstić information content (AvgIpc) is 2.94. The normalized spacial score (nSPS) is 11.7. The minimum absolute atomic E-state index is 0.0998. The van der Waals surface area contributed by atoms with Crippen LogP contribution in [-0.4, -0.2) is 32.5 Å². The highest BCUT2D eigenvalue weighted by Gasteiger charge is 2.24. The summed E-state index contributed by atoms with van der Waals surface area (Å²) in [6, 6.07) is 0. The van der Waals surface area contributed by atoms with Crippen LogP contribution in [0.5, 0.6) is 0 Å². The van der Waals surface area contributed by atoms with Gasteiger partial charge in [0.15, 0.2) is 0 Å². The molecule has 0 fully saturated rings. The Labute approximate surface area is 124 Å². The van der Waals surface area contributed by atoms with Crippen molar-refractivity contribution in [3.05, 3.63) is 16.6 Å². The third-order valence-electron chi connectivity index (χ3n) is 2.46. The fourth-order valence-corrected chi connectivity index (χ4v) is 2.45. The van der Waals surface area contributed by atoms with Crippen LogP contribution in [0, 0.1) is 0 Å². The number of aromatic nitrogens is 4. The molecule has 0 radical (unpaired) electrons. The molecule has 0 aliphatic heterocycles. The van der Waals surface area contributed by atoms with Gasteiger partial charge in [0.2, 0.25) is 0 Å². The van der Waals surface area contributed by atoms with Crippen LogP contribution >= 0.6 is 15.9 Å². The van der Waals surface area contributed by atoms with E-state index in [1.807, 2.05) is 20.8 Å². The average molecular weight is 343 g/mol. The first-order valence-electron chi connectivity index (χ1n) is 6.09. The molecule has 20 heavy (non-hydrogen) atoms. The first kappa shape index (κ1) is 14.7. The number of halogens is 1. The Balaban J connectivity index is 2.34. The number of carbonyl (C=O) groups is 1. The molecule has 0 bridgehead atoms. The Kier molecular flexibility index (Phi) is 3.94. The molecule has 2 heterocycles. The quantitative estimate of drug-likeness (QED) is 0.797. The van der Waals surface area contributed by atoms with Gasteiger partial charge in [0, 0.05) is 0 Å². The zero-order chi connectivity index (χ0) is 14.9. The van der Waals surface area contributed by atoms with E-state index in [-0.39, 0.29) is 23.9 Å². The van der Waals surface area contributed by atoms with Gasteiger partial charge >= 0.3 is 5.97 Å². The Hall–Kier alpha value is -1.70. The van der Waals surface area contributed by atoms with Crippen molar-refractivity contribution >= 4 is 21.9 Å². The van der Waals surface area contributed by atoms with E-state index in [9.17, 15) is 4.79 Å². The standard InChI is InChI=1S/C12H15BrN4O3/c1-5-19-11(18)9-15-10(20-16-9)7-6-14-17(8(7)13)12(2,3)4/h6H,5H2,1-4H3. The van der Waals surface area contributed by atoms with Gasteiger partial charge < -0.3 is 9.26 Å². The lowest BCUT2D eigenvalue weighted by atomic mass is 10.1. The van der Waals surface area contributed by atoms with E-state index >= 15 is 0 Å². The highest BCUT2D eigenvalue weighted by molar-refractivity contribution is 9.10. The lowest BCUT2D eigenvalue weighted by molar-refractivity contribution is 0.0508. The molecular weight excluding hydrogens is 328 g/mol. The van der Waals surface area contributed by atoms with Crippen LogP contribution in [0.4, 0.5) is 0 Å². The van der Waals surface area contributed by atoms with E-state index in [2.05, 4.69) is 31.2 Å². The van der Waals surface area contributed by atoms with Crippen molar-refractivity contribution in [1.29, 1.82) is 0 Å². The van der Waals surface area contributed by atoms with E-state index in [1.165, 1.54) is 0 Å². The Morgan fingerprint density at radius 3 is 2.75 bits per heavy atom. The lowest BCUT2D eigenvalue weighted by Gasteiger charge is -2.20. The monoisotopic (exact) mass is 342 g/mol. The van der Waals surface area contributed by atoms with Gasteiger partial charge in [-0.2, -0.15) is 10.1 Å². The summed E-state index contributed by atoms with van der Waals surface area (Å²) in [5, 5.41) is 7.88. The molecule has 0 unspecified atom stereocenters. The van der Waals surface area contributed by atoms with Crippen molar-refractivity contribution in [2.75, 3.05) is 6.61 Å². The molecule has 108 valence electrons. The van der Waals surface area contributed by atoms with Gasteiger partial charge in [-0.3, -0.25) is 4.68 Å². The number of hydrogen-bond donors (Lipinski definition) is 0. The predicted molar refractivity (Wildman–Crippen MR) is 74.2 cm³/mol. The van der Waals surface area contributed by atoms with Gasteiger partial charge in [0.1, 0.15) is 4.60 Å². The fraction of sp³-hybridized carbons (Fsp3) is 0.500. The number of esters is 1. The van der Waals surface area contributed by atoms with Gasteiger partial charge in [0.05, 0.1) is 23.9 Å². The molecule has 0 aliphatic carbocycles. The minimum atomic E-state index is -0.609. The molecule has 0 spiro atoms. The van der Waals surface area contributed by atoms with Crippen LogP contribution in [0.1, 0.15) is 38.3 Å². The van der Waals surface area contributed by atoms with E-state index < -0.39 is 5.97 Å². The maximum atomic E-state index is 11.5. The van der Waals surface area contributed by atoms with Gasteiger partial charge in [-0.25, -0.2) is 4.79 Å². The molecule has 0 N–H and O–H groups in total. The third kappa shape index (κ3) is 2.74. The summed E-state index contributed by atoms with van der Waals surface area (Å²) in [6.07, 6.45) is 1.61. The lowest BCUT2D eigenvalue weighted by Crippen LogP contribution is -2.23. The molecule has 2 aromatic rings. The number of rotatable bonds is 3.